The molecule has 4 heterocycles. The number of ether oxygens (including phenoxy) is 2. The van der Waals surface area contributed by atoms with Crippen LogP contribution in [0.15, 0.2) is 35.1 Å². The number of amides is 1. The molecule has 1 amide bonds. The standard InChI is InChI=1S/C32H42F3N7O4Si/c1-20-37-28(40-46-20)21-10-11-23-24(18-42(26(23)15-21)19-44-13-14-47(5,6)7)27-25(32(33,34)35)16-36-29(39-27)38-22-9-8-12-41(17-22)30(43)45-31(2,3)4/h10-11,15-16,18,22H,8-9,12-14,17,19H2,1-7H3,(H,36,38,39)/t22-/m0/s1. The van der Waals surface area contributed by atoms with Crippen LogP contribution in [-0.2, 0) is 22.4 Å². The number of hydrogen-bond acceptors (Lipinski definition) is 9. The predicted octanol–water partition coefficient (Wildman–Crippen LogP) is 7.60. The fourth-order valence-corrected chi connectivity index (χ4v) is 6.07. The Balaban J connectivity index is 1.51. The summed E-state index contributed by atoms with van der Waals surface area (Å²) in [6.07, 6.45) is -1.33. The van der Waals surface area contributed by atoms with Gasteiger partial charge in [-0.2, -0.15) is 18.2 Å². The van der Waals surface area contributed by atoms with Crippen molar-refractivity contribution in [2.45, 2.75) is 90.8 Å². The Bertz CT molecular complexity index is 1730. The smallest absolute Gasteiger partial charge is 0.419 e. The van der Waals surface area contributed by atoms with Crippen molar-refractivity contribution in [1.82, 2.24) is 29.6 Å². The number of piperidine rings is 1. The monoisotopic (exact) mass is 673 g/mol. The van der Waals surface area contributed by atoms with E-state index < -0.39 is 31.5 Å². The van der Waals surface area contributed by atoms with E-state index in [1.807, 2.05) is 6.07 Å². The van der Waals surface area contributed by atoms with Crippen molar-refractivity contribution in [3.05, 3.63) is 42.0 Å². The molecule has 1 saturated heterocycles. The van der Waals surface area contributed by atoms with Crippen molar-refractivity contribution in [2.24, 2.45) is 0 Å². The molecule has 1 aromatic carbocycles. The fraction of sp³-hybridized carbons (Fsp3) is 0.531. The van der Waals surface area contributed by atoms with Crippen LogP contribution in [0.5, 0.6) is 0 Å². The van der Waals surface area contributed by atoms with Gasteiger partial charge in [0.05, 0.1) is 11.2 Å². The van der Waals surface area contributed by atoms with E-state index in [-0.39, 0.29) is 30.0 Å². The Morgan fingerprint density at radius 1 is 1.17 bits per heavy atom. The molecule has 15 heteroatoms. The second-order valence-electron chi connectivity index (χ2n) is 14.1. The summed E-state index contributed by atoms with van der Waals surface area (Å²) in [5.74, 6) is 0.805. The van der Waals surface area contributed by atoms with Crippen LogP contribution in [0.3, 0.4) is 0 Å². The number of rotatable bonds is 9. The molecule has 0 saturated carbocycles. The number of benzene rings is 1. The van der Waals surface area contributed by atoms with Gasteiger partial charge in [-0.3, -0.25) is 0 Å². The number of likely N-dealkylation sites (tertiary alicyclic amines) is 1. The molecular formula is C32H42F3N7O4Si. The van der Waals surface area contributed by atoms with E-state index in [1.165, 1.54) is 0 Å². The van der Waals surface area contributed by atoms with Crippen LogP contribution in [-0.4, -0.2) is 75.1 Å². The minimum absolute atomic E-state index is 0.0372. The Labute approximate surface area is 272 Å². The third-order valence-electron chi connectivity index (χ3n) is 7.65. The molecule has 47 heavy (non-hydrogen) atoms. The lowest BCUT2D eigenvalue weighted by atomic mass is 10.0. The zero-order valence-electron chi connectivity index (χ0n) is 27.9. The minimum Gasteiger partial charge on any atom is -0.444 e. The molecule has 1 aliphatic rings. The highest BCUT2D eigenvalue weighted by Gasteiger charge is 2.37. The molecule has 0 aliphatic carbocycles. The summed E-state index contributed by atoms with van der Waals surface area (Å²) in [7, 11) is -1.36. The highest BCUT2D eigenvalue weighted by atomic mass is 28.3. The van der Waals surface area contributed by atoms with Gasteiger partial charge in [0.25, 0.3) is 0 Å². The minimum atomic E-state index is -4.71. The van der Waals surface area contributed by atoms with Crippen molar-refractivity contribution in [3.63, 3.8) is 0 Å². The fourth-order valence-electron chi connectivity index (χ4n) is 5.32. The predicted molar refractivity (Wildman–Crippen MR) is 175 cm³/mol. The number of hydrogen-bond donors (Lipinski definition) is 1. The van der Waals surface area contributed by atoms with Gasteiger partial charge >= 0.3 is 12.3 Å². The van der Waals surface area contributed by atoms with Gasteiger partial charge in [0, 0.05) is 69.6 Å². The maximum absolute atomic E-state index is 14.4. The molecular weight excluding hydrogens is 631 g/mol. The normalized spacial score (nSPS) is 16.1. The SMILES string of the molecule is Cc1nc(-c2ccc3c(-c4nc(N[C@H]5CCCN(C(=O)OC(C)(C)C)C5)ncc4C(F)(F)F)cn(COCC[Si](C)(C)C)c3c2)no1. The zero-order chi connectivity index (χ0) is 34.1. The molecule has 1 atom stereocenters. The van der Waals surface area contributed by atoms with Crippen LogP contribution < -0.4 is 5.32 Å². The molecule has 1 N–H and O–H groups in total. The summed E-state index contributed by atoms with van der Waals surface area (Å²) in [6.45, 7) is 15.3. The summed E-state index contributed by atoms with van der Waals surface area (Å²) in [6, 6.07) is 5.96. The summed E-state index contributed by atoms with van der Waals surface area (Å²) in [5, 5.41) is 7.72. The highest BCUT2D eigenvalue weighted by molar-refractivity contribution is 6.76. The second kappa shape index (κ2) is 13.3. The van der Waals surface area contributed by atoms with Crippen molar-refractivity contribution < 1.29 is 32.0 Å². The maximum Gasteiger partial charge on any atom is 0.419 e. The van der Waals surface area contributed by atoms with Gasteiger partial charge in [0.1, 0.15) is 17.9 Å². The lowest BCUT2D eigenvalue weighted by molar-refractivity contribution is -0.137. The molecule has 5 rings (SSSR count). The van der Waals surface area contributed by atoms with E-state index >= 15 is 0 Å². The largest absolute Gasteiger partial charge is 0.444 e. The third-order valence-corrected chi connectivity index (χ3v) is 9.35. The molecule has 0 radical (unpaired) electrons. The summed E-state index contributed by atoms with van der Waals surface area (Å²) in [4.78, 5) is 27.1. The molecule has 0 spiro atoms. The van der Waals surface area contributed by atoms with E-state index in [9.17, 15) is 18.0 Å². The molecule has 1 fully saturated rings. The van der Waals surface area contributed by atoms with E-state index in [4.69, 9.17) is 14.0 Å². The van der Waals surface area contributed by atoms with Gasteiger partial charge in [-0.25, -0.2) is 14.8 Å². The molecule has 0 unspecified atom stereocenters. The van der Waals surface area contributed by atoms with Crippen LogP contribution >= 0.6 is 0 Å². The van der Waals surface area contributed by atoms with E-state index in [0.717, 1.165) is 12.2 Å². The van der Waals surface area contributed by atoms with Crippen molar-refractivity contribution in [3.8, 4) is 22.6 Å². The molecule has 0 bridgehead atoms. The van der Waals surface area contributed by atoms with Crippen molar-refractivity contribution in [1.29, 1.82) is 0 Å². The zero-order valence-corrected chi connectivity index (χ0v) is 28.9. The number of aryl methyl sites for hydroxylation is 1. The van der Waals surface area contributed by atoms with E-state index in [1.54, 1.807) is 55.5 Å². The number of carbonyl (C=O) groups excluding carboxylic acids is 1. The third kappa shape index (κ3) is 8.69. The number of anilines is 1. The number of carbonyl (C=O) groups is 1. The number of fused-ring (bicyclic) bond motifs is 1. The molecule has 1 aliphatic heterocycles. The first-order valence-electron chi connectivity index (χ1n) is 15.7. The van der Waals surface area contributed by atoms with Gasteiger partial charge < -0.3 is 28.8 Å². The lowest BCUT2D eigenvalue weighted by Crippen LogP contribution is -2.47. The quantitative estimate of drug-likeness (QED) is 0.141. The van der Waals surface area contributed by atoms with Crippen LogP contribution in [0.25, 0.3) is 33.5 Å². The maximum atomic E-state index is 14.4. The molecule has 11 nitrogen and oxygen atoms in total. The number of halogens is 3. The van der Waals surface area contributed by atoms with Gasteiger partial charge in [0.2, 0.25) is 17.7 Å². The summed E-state index contributed by atoms with van der Waals surface area (Å²) < 4.78 is 61.8. The number of alkyl halides is 3. The molecule has 254 valence electrons. The Hall–Kier alpha value is -3.98. The van der Waals surface area contributed by atoms with Gasteiger partial charge in [-0.1, -0.05) is 36.9 Å². The lowest BCUT2D eigenvalue weighted by Gasteiger charge is -2.34. The van der Waals surface area contributed by atoms with Crippen LogP contribution in [0, 0.1) is 6.92 Å². The van der Waals surface area contributed by atoms with Crippen LogP contribution in [0.1, 0.15) is 45.1 Å². The van der Waals surface area contributed by atoms with E-state index in [0.29, 0.717) is 60.7 Å². The van der Waals surface area contributed by atoms with E-state index in [2.05, 4.69) is 45.1 Å². The first-order valence-corrected chi connectivity index (χ1v) is 19.4. The number of nitrogens with one attached hydrogen (secondary N) is 1. The Kier molecular flexibility index (Phi) is 9.69. The first kappa shape index (κ1) is 34.4. The first-order chi connectivity index (χ1) is 22.0. The number of nitrogens with zero attached hydrogens (tertiary/aromatic N) is 6. The molecule has 4 aromatic rings. The van der Waals surface area contributed by atoms with Crippen molar-refractivity contribution >= 4 is 31.0 Å². The van der Waals surface area contributed by atoms with Crippen molar-refractivity contribution in [2.75, 3.05) is 25.0 Å². The highest BCUT2D eigenvalue weighted by Crippen LogP contribution is 2.40. The molecule has 3 aromatic heterocycles. The second-order valence-corrected chi connectivity index (χ2v) is 19.7. The van der Waals surface area contributed by atoms with Crippen LogP contribution in [0.4, 0.5) is 23.9 Å². The average Bonchev–Trinajstić information content (AvgIpc) is 3.56. The average molecular weight is 674 g/mol. The van der Waals surface area contributed by atoms with Gasteiger partial charge in [-0.05, 0) is 45.7 Å². The topological polar surface area (TPSA) is 120 Å². The van der Waals surface area contributed by atoms with Crippen LogP contribution in [0.2, 0.25) is 25.7 Å². The number of aromatic nitrogens is 5. The van der Waals surface area contributed by atoms with Gasteiger partial charge in [-0.15, -0.1) is 0 Å². The Morgan fingerprint density at radius 2 is 1.94 bits per heavy atom. The Morgan fingerprint density at radius 3 is 2.60 bits per heavy atom. The van der Waals surface area contributed by atoms with Gasteiger partial charge in [0.15, 0.2) is 0 Å². The summed E-state index contributed by atoms with van der Waals surface area (Å²) >= 11 is 0. The summed E-state index contributed by atoms with van der Waals surface area (Å²) in [5.41, 5.74) is -0.305.